The van der Waals surface area contributed by atoms with Gasteiger partial charge in [0.05, 0.1) is 23.9 Å². The lowest BCUT2D eigenvalue weighted by Crippen LogP contribution is -2.39. The highest BCUT2D eigenvalue weighted by Crippen LogP contribution is 2.29. The maximum Gasteiger partial charge on any atom is 0.241 e. The van der Waals surface area contributed by atoms with Crippen LogP contribution in [0.5, 0.6) is 5.75 Å². The van der Waals surface area contributed by atoms with E-state index in [1.54, 1.807) is 32.0 Å². The number of benzene rings is 2. The molecule has 1 amide bonds. The molecule has 2 atom stereocenters. The van der Waals surface area contributed by atoms with Gasteiger partial charge in [-0.25, -0.2) is 4.39 Å². The summed E-state index contributed by atoms with van der Waals surface area (Å²) in [4.78, 5) is 12.4. The van der Waals surface area contributed by atoms with Crippen molar-refractivity contribution in [3.05, 3.63) is 57.8 Å². The van der Waals surface area contributed by atoms with Crippen LogP contribution >= 0.6 is 23.2 Å². The zero-order chi connectivity index (χ0) is 18.6. The van der Waals surface area contributed by atoms with Crippen molar-refractivity contribution in [2.75, 3.05) is 12.4 Å². The molecule has 7 heteroatoms. The number of para-hydroxylation sites is 2. The van der Waals surface area contributed by atoms with E-state index in [0.29, 0.717) is 22.0 Å². The highest BCUT2D eigenvalue weighted by molar-refractivity contribution is 6.35. The summed E-state index contributed by atoms with van der Waals surface area (Å²) in [7, 11) is 1.53. The molecule has 0 saturated heterocycles. The van der Waals surface area contributed by atoms with Crippen LogP contribution in [0.3, 0.4) is 0 Å². The lowest BCUT2D eigenvalue weighted by atomic mass is 10.1. The number of rotatable bonds is 6. The Bertz CT molecular complexity index is 771. The molecule has 0 saturated carbocycles. The molecule has 0 unspecified atom stereocenters. The number of methoxy groups -OCH3 is 1. The van der Waals surface area contributed by atoms with Gasteiger partial charge in [0.25, 0.3) is 0 Å². The third kappa shape index (κ3) is 4.84. The van der Waals surface area contributed by atoms with Crippen LogP contribution in [0.1, 0.15) is 25.5 Å². The Morgan fingerprint density at radius 3 is 2.52 bits per heavy atom. The van der Waals surface area contributed by atoms with Gasteiger partial charge in [-0.3, -0.25) is 10.1 Å². The fraction of sp³-hybridized carbons (Fsp3) is 0.278. The number of carbonyl (C=O) groups excluding carboxylic acids is 1. The first-order valence-corrected chi connectivity index (χ1v) is 8.43. The number of halogens is 3. The van der Waals surface area contributed by atoms with Gasteiger partial charge in [0, 0.05) is 11.1 Å². The van der Waals surface area contributed by atoms with Crippen molar-refractivity contribution in [3.63, 3.8) is 0 Å². The topological polar surface area (TPSA) is 50.4 Å². The number of amides is 1. The molecule has 2 aromatic carbocycles. The van der Waals surface area contributed by atoms with Crippen molar-refractivity contribution in [2.45, 2.75) is 25.9 Å². The molecule has 0 aliphatic carbocycles. The Kier molecular flexibility index (Phi) is 6.64. The summed E-state index contributed by atoms with van der Waals surface area (Å²) in [6.07, 6.45) is 0. The molecule has 0 fully saturated rings. The highest BCUT2D eigenvalue weighted by atomic mass is 35.5. The number of hydrogen-bond acceptors (Lipinski definition) is 3. The van der Waals surface area contributed by atoms with E-state index < -0.39 is 11.9 Å². The summed E-state index contributed by atoms with van der Waals surface area (Å²) in [6, 6.07) is 8.85. The predicted octanol–water partition coefficient (Wildman–Crippen LogP) is 4.82. The lowest BCUT2D eigenvalue weighted by molar-refractivity contribution is -0.117. The minimum absolute atomic E-state index is 0.0390. The molecule has 25 heavy (non-hydrogen) atoms. The van der Waals surface area contributed by atoms with Crippen molar-refractivity contribution < 1.29 is 13.9 Å². The van der Waals surface area contributed by atoms with Crippen LogP contribution in [-0.4, -0.2) is 19.1 Å². The maximum atomic E-state index is 13.7. The second kappa shape index (κ2) is 8.52. The maximum absolute atomic E-state index is 13.7. The Balaban J connectivity index is 2.07. The molecule has 4 nitrogen and oxygen atoms in total. The number of ether oxygens (including phenoxy) is 1. The zero-order valence-electron chi connectivity index (χ0n) is 14.1. The van der Waals surface area contributed by atoms with E-state index in [0.717, 1.165) is 0 Å². The van der Waals surface area contributed by atoms with Crippen LogP contribution in [0.25, 0.3) is 0 Å². The molecular weight excluding hydrogens is 366 g/mol. The summed E-state index contributed by atoms with van der Waals surface area (Å²) >= 11 is 11.8. The molecule has 0 radical (unpaired) electrons. The van der Waals surface area contributed by atoms with Crippen LogP contribution in [0.15, 0.2) is 36.4 Å². The van der Waals surface area contributed by atoms with Gasteiger partial charge in [-0.2, -0.15) is 0 Å². The quantitative estimate of drug-likeness (QED) is 0.701. The number of hydrogen-bond donors (Lipinski definition) is 2. The Morgan fingerprint density at radius 1 is 1.16 bits per heavy atom. The normalized spacial score (nSPS) is 13.2. The van der Waals surface area contributed by atoms with Crippen LogP contribution in [0.2, 0.25) is 10.0 Å². The molecular formula is C18H19Cl2FN2O2. The van der Waals surface area contributed by atoms with E-state index >= 15 is 0 Å². The zero-order valence-corrected chi connectivity index (χ0v) is 15.6. The fourth-order valence-electron chi connectivity index (χ4n) is 2.40. The third-order valence-corrected chi connectivity index (χ3v) is 4.38. The standard InChI is InChI=1S/C18H19Cl2FN2O2/c1-10(12-8-15(21)14(20)9-13(12)19)22-11(2)18(24)23-16-6-4-5-7-17(16)25-3/h4-11,22H,1-3H3,(H,23,24)/t10-,11+/m1/s1. The summed E-state index contributed by atoms with van der Waals surface area (Å²) in [5.41, 5.74) is 1.10. The van der Waals surface area contributed by atoms with E-state index in [1.807, 2.05) is 6.07 Å². The first kappa shape index (κ1) is 19.5. The Labute approximate surface area is 156 Å². The second-order valence-electron chi connectivity index (χ2n) is 5.59. The predicted molar refractivity (Wildman–Crippen MR) is 99.1 cm³/mol. The largest absolute Gasteiger partial charge is 0.495 e. The van der Waals surface area contributed by atoms with Crippen LogP contribution in [0, 0.1) is 5.82 Å². The smallest absolute Gasteiger partial charge is 0.241 e. The van der Waals surface area contributed by atoms with E-state index in [9.17, 15) is 9.18 Å². The van der Waals surface area contributed by atoms with Gasteiger partial charge in [-0.1, -0.05) is 35.3 Å². The van der Waals surface area contributed by atoms with E-state index in [1.165, 1.54) is 19.2 Å². The molecule has 0 heterocycles. The SMILES string of the molecule is COc1ccccc1NC(=O)[C@H](C)N[C@H](C)c1cc(F)c(Cl)cc1Cl. The molecule has 0 aromatic heterocycles. The van der Waals surface area contributed by atoms with Crippen LogP contribution < -0.4 is 15.4 Å². The monoisotopic (exact) mass is 384 g/mol. The van der Waals surface area contributed by atoms with Gasteiger partial charge in [0.2, 0.25) is 5.91 Å². The third-order valence-electron chi connectivity index (χ3n) is 3.76. The molecule has 0 aliphatic heterocycles. The molecule has 2 N–H and O–H groups in total. The second-order valence-corrected chi connectivity index (χ2v) is 6.40. The average molecular weight is 385 g/mol. The molecule has 2 aromatic rings. The van der Waals surface area contributed by atoms with Crippen molar-refractivity contribution in [2.24, 2.45) is 0 Å². The average Bonchev–Trinajstić information content (AvgIpc) is 2.58. The minimum Gasteiger partial charge on any atom is -0.495 e. The first-order valence-electron chi connectivity index (χ1n) is 7.67. The van der Waals surface area contributed by atoms with Gasteiger partial charge in [-0.15, -0.1) is 0 Å². The van der Waals surface area contributed by atoms with Gasteiger partial charge in [0.1, 0.15) is 11.6 Å². The van der Waals surface area contributed by atoms with E-state index in [-0.39, 0.29) is 17.0 Å². The molecule has 134 valence electrons. The minimum atomic E-state index is -0.555. The Hall–Kier alpha value is -1.82. The van der Waals surface area contributed by atoms with Crippen molar-refractivity contribution >= 4 is 34.8 Å². The van der Waals surface area contributed by atoms with Crippen molar-refractivity contribution in [1.82, 2.24) is 5.32 Å². The molecule has 2 rings (SSSR count). The summed E-state index contributed by atoms with van der Waals surface area (Å²) in [5.74, 6) is -0.235. The van der Waals surface area contributed by atoms with Gasteiger partial charge >= 0.3 is 0 Å². The number of anilines is 1. The molecule has 0 bridgehead atoms. The van der Waals surface area contributed by atoms with Crippen LogP contribution in [-0.2, 0) is 4.79 Å². The summed E-state index contributed by atoms with van der Waals surface area (Å²) in [5, 5.41) is 6.19. The fourth-order valence-corrected chi connectivity index (χ4v) is 2.95. The summed E-state index contributed by atoms with van der Waals surface area (Å²) < 4.78 is 18.9. The lowest BCUT2D eigenvalue weighted by Gasteiger charge is -2.21. The van der Waals surface area contributed by atoms with Crippen LogP contribution in [0.4, 0.5) is 10.1 Å². The number of nitrogens with one attached hydrogen (secondary N) is 2. The van der Waals surface area contributed by atoms with Gasteiger partial charge < -0.3 is 10.1 Å². The van der Waals surface area contributed by atoms with Gasteiger partial charge in [0.15, 0.2) is 0 Å². The molecule has 0 spiro atoms. The number of carbonyl (C=O) groups is 1. The van der Waals surface area contributed by atoms with E-state index in [2.05, 4.69) is 10.6 Å². The summed E-state index contributed by atoms with van der Waals surface area (Å²) in [6.45, 7) is 3.50. The van der Waals surface area contributed by atoms with Crippen molar-refractivity contribution in [1.29, 1.82) is 0 Å². The highest BCUT2D eigenvalue weighted by Gasteiger charge is 2.20. The van der Waals surface area contributed by atoms with Crippen molar-refractivity contribution in [3.8, 4) is 5.75 Å². The molecule has 0 aliphatic rings. The first-order chi connectivity index (χ1) is 11.8. The van der Waals surface area contributed by atoms with Gasteiger partial charge in [-0.05, 0) is 43.7 Å². The Morgan fingerprint density at radius 2 is 1.84 bits per heavy atom. The van der Waals surface area contributed by atoms with E-state index in [4.69, 9.17) is 27.9 Å².